The van der Waals surface area contributed by atoms with Gasteiger partial charge in [-0.3, -0.25) is 4.90 Å². The Balaban J connectivity index is 2.05. The van der Waals surface area contributed by atoms with Gasteiger partial charge in [-0.05, 0) is 5.56 Å². The van der Waals surface area contributed by atoms with Crippen LogP contribution in [0.25, 0.3) is 0 Å². The molecule has 1 aromatic rings. The SMILES string of the molecule is NCCN1C[C@@H](N)[C@H](c2ccccc2)C1. The molecule has 0 bridgehead atoms. The average molecular weight is 205 g/mol. The van der Waals surface area contributed by atoms with Crippen LogP contribution >= 0.6 is 0 Å². The van der Waals surface area contributed by atoms with Gasteiger partial charge in [0.2, 0.25) is 0 Å². The van der Waals surface area contributed by atoms with Crippen LogP contribution in [0.1, 0.15) is 11.5 Å². The molecule has 82 valence electrons. The van der Waals surface area contributed by atoms with E-state index >= 15 is 0 Å². The van der Waals surface area contributed by atoms with Gasteiger partial charge in [0.15, 0.2) is 0 Å². The predicted molar refractivity (Wildman–Crippen MR) is 62.7 cm³/mol. The van der Waals surface area contributed by atoms with Gasteiger partial charge < -0.3 is 11.5 Å². The smallest absolute Gasteiger partial charge is 0.0249 e. The topological polar surface area (TPSA) is 55.3 Å². The van der Waals surface area contributed by atoms with Crippen LogP contribution in [0.4, 0.5) is 0 Å². The summed E-state index contributed by atoms with van der Waals surface area (Å²) in [7, 11) is 0. The van der Waals surface area contributed by atoms with Crippen molar-refractivity contribution < 1.29 is 0 Å². The van der Waals surface area contributed by atoms with E-state index in [4.69, 9.17) is 11.5 Å². The van der Waals surface area contributed by atoms with Crippen molar-refractivity contribution in [2.75, 3.05) is 26.2 Å². The third kappa shape index (κ3) is 2.37. The van der Waals surface area contributed by atoms with Crippen molar-refractivity contribution in [3.05, 3.63) is 35.9 Å². The molecule has 0 aromatic heterocycles. The lowest BCUT2D eigenvalue weighted by Gasteiger charge is -2.14. The largest absolute Gasteiger partial charge is 0.329 e. The summed E-state index contributed by atoms with van der Waals surface area (Å²) in [6, 6.07) is 10.8. The lowest BCUT2D eigenvalue weighted by Crippen LogP contribution is -2.31. The lowest BCUT2D eigenvalue weighted by atomic mass is 9.95. The molecule has 3 nitrogen and oxygen atoms in total. The molecule has 0 amide bonds. The first-order valence-electron chi connectivity index (χ1n) is 5.54. The summed E-state index contributed by atoms with van der Waals surface area (Å²) < 4.78 is 0. The molecule has 0 spiro atoms. The normalized spacial score (nSPS) is 27.1. The number of rotatable bonds is 3. The van der Waals surface area contributed by atoms with Crippen LogP contribution in [0.2, 0.25) is 0 Å². The molecule has 1 aliphatic rings. The summed E-state index contributed by atoms with van der Waals surface area (Å²) in [6.45, 7) is 3.68. The maximum atomic E-state index is 6.15. The van der Waals surface area contributed by atoms with Gasteiger partial charge in [-0.2, -0.15) is 0 Å². The van der Waals surface area contributed by atoms with Crippen molar-refractivity contribution in [3.63, 3.8) is 0 Å². The second-order valence-electron chi connectivity index (χ2n) is 4.23. The van der Waals surface area contributed by atoms with Crippen molar-refractivity contribution in [1.82, 2.24) is 4.90 Å². The Kier molecular flexibility index (Phi) is 3.36. The van der Waals surface area contributed by atoms with Gasteiger partial charge in [0, 0.05) is 38.1 Å². The Hall–Kier alpha value is -0.900. The third-order valence-electron chi connectivity index (χ3n) is 3.11. The highest BCUT2D eigenvalue weighted by atomic mass is 15.2. The number of nitrogens with zero attached hydrogens (tertiary/aromatic N) is 1. The van der Waals surface area contributed by atoms with Crippen molar-refractivity contribution in [2.24, 2.45) is 11.5 Å². The molecular weight excluding hydrogens is 186 g/mol. The van der Waals surface area contributed by atoms with E-state index in [-0.39, 0.29) is 6.04 Å². The van der Waals surface area contributed by atoms with Gasteiger partial charge >= 0.3 is 0 Å². The summed E-state index contributed by atoms with van der Waals surface area (Å²) in [4.78, 5) is 2.35. The number of nitrogens with two attached hydrogens (primary N) is 2. The zero-order valence-corrected chi connectivity index (χ0v) is 8.97. The summed E-state index contributed by atoms with van der Waals surface area (Å²) in [5, 5.41) is 0. The minimum Gasteiger partial charge on any atom is -0.329 e. The zero-order chi connectivity index (χ0) is 10.7. The molecule has 1 aromatic carbocycles. The molecule has 1 saturated heterocycles. The van der Waals surface area contributed by atoms with Crippen LogP contribution in [0, 0.1) is 0 Å². The quantitative estimate of drug-likeness (QED) is 0.749. The van der Waals surface area contributed by atoms with Crippen LogP contribution in [0.3, 0.4) is 0 Å². The monoisotopic (exact) mass is 205 g/mol. The van der Waals surface area contributed by atoms with Crippen LogP contribution in [-0.2, 0) is 0 Å². The Bertz CT molecular complexity index is 299. The first-order valence-corrected chi connectivity index (χ1v) is 5.54. The first kappa shape index (κ1) is 10.6. The van der Waals surface area contributed by atoms with Gasteiger partial charge in [0.1, 0.15) is 0 Å². The fourth-order valence-corrected chi connectivity index (χ4v) is 2.33. The maximum absolute atomic E-state index is 6.15. The number of hydrogen-bond acceptors (Lipinski definition) is 3. The Morgan fingerprint density at radius 1 is 1.20 bits per heavy atom. The highest BCUT2D eigenvalue weighted by molar-refractivity contribution is 5.23. The lowest BCUT2D eigenvalue weighted by molar-refractivity contribution is 0.341. The van der Waals surface area contributed by atoms with E-state index in [0.29, 0.717) is 12.5 Å². The second-order valence-corrected chi connectivity index (χ2v) is 4.23. The van der Waals surface area contributed by atoms with Crippen molar-refractivity contribution >= 4 is 0 Å². The molecular formula is C12H19N3. The van der Waals surface area contributed by atoms with Gasteiger partial charge in [0.05, 0.1) is 0 Å². The van der Waals surface area contributed by atoms with Crippen molar-refractivity contribution in [3.8, 4) is 0 Å². The molecule has 3 heteroatoms. The summed E-state index contributed by atoms with van der Waals surface area (Å²) in [6.07, 6.45) is 0. The zero-order valence-electron chi connectivity index (χ0n) is 8.97. The fourth-order valence-electron chi connectivity index (χ4n) is 2.33. The van der Waals surface area contributed by atoms with E-state index in [0.717, 1.165) is 19.6 Å². The number of likely N-dealkylation sites (tertiary alicyclic amines) is 1. The minimum absolute atomic E-state index is 0.249. The highest BCUT2D eigenvalue weighted by Crippen LogP contribution is 2.25. The van der Waals surface area contributed by atoms with E-state index in [2.05, 4.69) is 29.2 Å². The van der Waals surface area contributed by atoms with Gasteiger partial charge in [-0.15, -0.1) is 0 Å². The molecule has 2 rings (SSSR count). The van der Waals surface area contributed by atoms with Gasteiger partial charge in [-0.25, -0.2) is 0 Å². The molecule has 1 aliphatic heterocycles. The van der Waals surface area contributed by atoms with Crippen LogP contribution in [-0.4, -0.2) is 37.1 Å². The van der Waals surface area contributed by atoms with Gasteiger partial charge in [-0.1, -0.05) is 30.3 Å². The van der Waals surface area contributed by atoms with E-state index in [1.165, 1.54) is 5.56 Å². The van der Waals surface area contributed by atoms with Crippen LogP contribution in [0.15, 0.2) is 30.3 Å². The molecule has 15 heavy (non-hydrogen) atoms. The van der Waals surface area contributed by atoms with E-state index < -0.39 is 0 Å². The van der Waals surface area contributed by atoms with E-state index in [1.807, 2.05) is 6.07 Å². The Labute approximate surface area is 91.1 Å². The molecule has 2 atom stereocenters. The Morgan fingerprint density at radius 3 is 2.60 bits per heavy atom. The van der Waals surface area contributed by atoms with Crippen LogP contribution < -0.4 is 11.5 Å². The fraction of sp³-hybridized carbons (Fsp3) is 0.500. The van der Waals surface area contributed by atoms with Gasteiger partial charge in [0.25, 0.3) is 0 Å². The van der Waals surface area contributed by atoms with Crippen molar-refractivity contribution in [1.29, 1.82) is 0 Å². The van der Waals surface area contributed by atoms with E-state index in [1.54, 1.807) is 0 Å². The first-order chi connectivity index (χ1) is 7.31. The minimum atomic E-state index is 0.249. The molecule has 1 heterocycles. The molecule has 0 radical (unpaired) electrons. The third-order valence-corrected chi connectivity index (χ3v) is 3.11. The van der Waals surface area contributed by atoms with Crippen LogP contribution in [0.5, 0.6) is 0 Å². The molecule has 1 fully saturated rings. The Morgan fingerprint density at radius 2 is 1.93 bits per heavy atom. The summed E-state index contributed by atoms with van der Waals surface area (Å²) in [5.74, 6) is 0.470. The molecule has 4 N–H and O–H groups in total. The number of hydrogen-bond donors (Lipinski definition) is 2. The number of benzene rings is 1. The maximum Gasteiger partial charge on any atom is 0.0249 e. The average Bonchev–Trinajstić information content (AvgIpc) is 2.61. The second kappa shape index (κ2) is 4.75. The van der Waals surface area contributed by atoms with Crippen molar-refractivity contribution in [2.45, 2.75) is 12.0 Å². The molecule has 0 unspecified atom stereocenters. The predicted octanol–water partition coefficient (Wildman–Crippen LogP) is 0.372. The standard InChI is InChI=1S/C12H19N3/c13-6-7-15-8-11(12(14)9-15)10-4-2-1-3-5-10/h1-5,11-12H,6-9,13-14H2/t11-,12+/m0/s1. The summed E-state index contributed by atoms with van der Waals surface area (Å²) in [5.41, 5.74) is 13.1. The molecule has 0 aliphatic carbocycles. The summed E-state index contributed by atoms with van der Waals surface area (Å²) >= 11 is 0. The highest BCUT2D eigenvalue weighted by Gasteiger charge is 2.30. The van der Waals surface area contributed by atoms with E-state index in [9.17, 15) is 0 Å². The molecule has 0 saturated carbocycles.